The van der Waals surface area contributed by atoms with Gasteiger partial charge in [0.2, 0.25) is 11.8 Å². The Hall–Kier alpha value is -3.75. The number of aliphatic hydroxyl groups excluding tert-OH is 2. The first kappa shape index (κ1) is 48.9. The van der Waals surface area contributed by atoms with Gasteiger partial charge < -0.3 is 56.6 Å². The lowest BCUT2D eigenvalue weighted by atomic mass is 9.87. The molecule has 3 heterocycles. The van der Waals surface area contributed by atoms with E-state index >= 15 is 0 Å². The molecule has 1 aliphatic heterocycles. The first-order valence-corrected chi connectivity index (χ1v) is 22.8. The molecule has 1 aromatic carbocycles. The highest BCUT2D eigenvalue weighted by Gasteiger charge is 2.50. The first-order valence-electron chi connectivity index (χ1n) is 17.3. The second-order valence-electron chi connectivity index (χ2n) is 13.5. The molecule has 26 nitrogen and oxygen atoms in total. The van der Waals surface area contributed by atoms with Gasteiger partial charge in [-0.3, -0.25) is 37.3 Å². The van der Waals surface area contributed by atoms with Crippen LogP contribution < -0.4 is 22.1 Å². The number of hydrogen-bond acceptors (Lipinski definition) is 20. The molecule has 1 fully saturated rings. The molecule has 4 rings (SSSR count). The number of fused-ring (bicyclic) bond motifs is 1. The van der Waals surface area contributed by atoms with Crippen LogP contribution in [0.15, 0.2) is 36.9 Å². The van der Waals surface area contributed by atoms with E-state index < -0.39 is 95.5 Å². The van der Waals surface area contributed by atoms with Crippen molar-refractivity contribution in [3.63, 3.8) is 0 Å². The number of ketones is 1. The van der Waals surface area contributed by atoms with E-state index in [1.54, 1.807) is 18.2 Å². The zero-order valence-electron chi connectivity index (χ0n) is 31.6. The number of anilines is 2. The van der Waals surface area contributed by atoms with Crippen molar-refractivity contribution in [2.24, 2.45) is 5.41 Å². The minimum Gasteiger partial charge on any atom is -0.398 e. The fraction of sp³-hybridized carbons (Fsp3) is 0.500. The Bertz CT molecular complexity index is 2190. The van der Waals surface area contributed by atoms with Crippen LogP contribution in [0.1, 0.15) is 43.3 Å². The van der Waals surface area contributed by atoms with Crippen molar-refractivity contribution in [3.05, 3.63) is 42.5 Å². The van der Waals surface area contributed by atoms with E-state index in [9.17, 15) is 62.7 Å². The van der Waals surface area contributed by atoms with Crippen LogP contribution in [-0.4, -0.2) is 128 Å². The second-order valence-corrected chi connectivity index (χ2v) is 18.9. The number of carbonyl (C=O) groups excluding carboxylic acids is 4. The lowest BCUT2D eigenvalue weighted by Crippen LogP contribution is -2.46. The lowest BCUT2D eigenvalue weighted by Gasteiger charge is -2.30. The van der Waals surface area contributed by atoms with Crippen molar-refractivity contribution in [1.82, 2.24) is 30.2 Å². The van der Waals surface area contributed by atoms with Crippen LogP contribution in [0.3, 0.4) is 0 Å². The van der Waals surface area contributed by atoms with Crippen LogP contribution in [0.4, 0.5) is 11.5 Å². The fourth-order valence-electron chi connectivity index (χ4n) is 5.32. The van der Waals surface area contributed by atoms with Crippen LogP contribution in [0.25, 0.3) is 11.2 Å². The molecular formula is C30H43N8O18P3S. The smallest absolute Gasteiger partial charge is 0.398 e. The number of nitrogens with zero attached hydrogens (tertiary/aromatic N) is 4. The van der Waals surface area contributed by atoms with E-state index in [2.05, 4.69) is 34.4 Å². The van der Waals surface area contributed by atoms with Gasteiger partial charge in [0.25, 0.3) is 0 Å². The predicted molar refractivity (Wildman–Crippen MR) is 207 cm³/mol. The minimum atomic E-state index is -5.59. The van der Waals surface area contributed by atoms with E-state index in [4.69, 9.17) is 25.3 Å². The number of phosphoric ester groups is 3. The molecule has 0 saturated carbocycles. The summed E-state index contributed by atoms with van der Waals surface area (Å²) in [7, 11) is -16.5. The summed E-state index contributed by atoms with van der Waals surface area (Å²) in [6.07, 6.45) is -7.48. The largest absolute Gasteiger partial charge is 0.481 e. The molecule has 12 N–H and O–H groups in total. The molecule has 332 valence electrons. The molecule has 0 bridgehead atoms. The van der Waals surface area contributed by atoms with E-state index in [1.807, 2.05) is 0 Å². The van der Waals surface area contributed by atoms with E-state index in [1.165, 1.54) is 19.9 Å². The van der Waals surface area contributed by atoms with Gasteiger partial charge in [-0.15, -0.1) is 0 Å². The number of imidazole rings is 1. The Morgan fingerprint density at radius 2 is 1.68 bits per heavy atom. The molecule has 0 spiro atoms. The molecular weight excluding hydrogens is 885 g/mol. The first-order chi connectivity index (χ1) is 27.9. The average molecular weight is 929 g/mol. The summed E-state index contributed by atoms with van der Waals surface area (Å²) in [4.78, 5) is 100. The number of benzene rings is 1. The zero-order valence-corrected chi connectivity index (χ0v) is 35.1. The van der Waals surface area contributed by atoms with E-state index in [-0.39, 0.29) is 59.9 Å². The SMILES string of the molecule is CC(C)(COP(=O)(O)OP(=O)(O)OCC1OC(n2cnc3c(N)ncnc32)C(O)C1OP(=O)(O)O)C(O)C(=O)NCCC(=O)NCCSC(=O)CC(=O)c1ccccc1N. The number of carbonyl (C=O) groups is 4. The number of nitrogens with one attached hydrogen (secondary N) is 2. The number of nitrogen functional groups attached to an aromatic ring is 2. The highest BCUT2D eigenvalue weighted by molar-refractivity contribution is 8.13. The molecule has 1 saturated heterocycles. The van der Waals surface area contributed by atoms with Gasteiger partial charge in [-0.25, -0.2) is 28.6 Å². The van der Waals surface area contributed by atoms with Gasteiger partial charge in [0.15, 0.2) is 28.6 Å². The molecule has 1 aliphatic rings. The summed E-state index contributed by atoms with van der Waals surface area (Å²) in [5, 5.41) is 25.9. The Kier molecular flexibility index (Phi) is 16.6. The molecule has 0 aliphatic carbocycles. The molecule has 7 atom stereocenters. The maximum absolute atomic E-state index is 12.7. The van der Waals surface area contributed by atoms with Crippen molar-refractivity contribution in [2.75, 3.05) is 43.5 Å². The number of aliphatic hydroxyl groups is 2. The number of hydrogen-bond donors (Lipinski definition) is 10. The van der Waals surface area contributed by atoms with Gasteiger partial charge in [0.05, 0.1) is 26.0 Å². The zero-order chi connectivity index (χ0) is 44.6. The number of rotatable bonds is 22. The van der Waals surface area contributed by atoms with Crippen LogP contribution in [-0.2, 0) is 50.7 Å². The van der Waals surface area contributed by atoms with E-state index in [0.717, 1.165) is 29.0 Å². The number of phosphoric acid groups is 3. The molecule has 0 radical (unpaired) electrons. The Morgan fingerprint density at radius 1 is 1.00 bits per heavy atom. The summed E-state index contributed by atoms with van der Waals surface area (Å²) in [5.41, 5.74) is 10.4. The van der Waals surface area contributed by atoms with Crippen molar-refractivity contribution < 1.29 is 85.3 Å². The number of para-hydroxylation sites is 1. The number of amides is 2. The van der Waals surface area contributed by atoms with Gasteiger partial charge in [-0.2, -0.15) is 4.31 Å². The van der Waals surface area contributed by atoms with Crippen LogP contribution in [0.2, 0.25) is 0 Å². The van der Waals surface area contributed by atoms with Crippen LogP contribution in [0, 0.1) is 5.41 Å². The van der Waals surface area contributed by atoms with Crippen LogP contribution in [0.5, 0.6) is 0 Å². The molecule has 7 unspecified atom stereocenters. The standard InChI is InChI=1S/C30H43N8O18P3S/c1-30(2,25(43)28(44)34-8-7-20(40)33-9-10-60-21(41)11-18(39)16-5-3-4-6-17(16)31)13-53-59(50,51)56-58(48,49)52-12-19-24(55-57(45,46)47)23(42)29(54-19)38-15-37-22-26(32)35-14-36-27(22)38/h3-6,14-15,19,23-25,29,42-43H,7-13,31H2,1-2H3,(H,33,40)(H,34,44)(H,48,49)(H,50,51)(H2,32,35,36)(H2,45,46,47). The monoisotopic (exact) mass is 928 g/mol. The number of thioether (sulfide) groups is 1. The molecule has 3 aromatic rings. The summed E-state index contributed by atoms with van der Waals surface area (Å²) >= 11 is 0.837. The van der Waals surface area contributed by atoms with Gasteiger partial charge in [-0.05, 0) is 12.1 Å². The maximum Gasteiger partial charge on any atom is 0.481 e. The number of ether oxygens (including phenoxy) is 1. The molecule has 2 amide bonds. The maximum atomic E-state index is 12.7. The highest BCUT2D eigenvalue weighted by atomic mass is 32.2. The normalized spacial score (nSPS) is 20.9. The number of aromatic nitrogens is 4. The Balaban J connectivity index is 1.20. The van der Waals surface area contributed by atoms with Crippen molar-refractivity contribution >= 4 is 80.6 Å². The van der Waals surface area contributed by atoms with Crippen molar-refractivity contribution in [1.29, 1.82) is 0 Å². The highest BCUT2D eigenvalue weighted by Crippen LogP contribution is 2.61. The predicted octanol–water partition coefficient (Wildman–Crippen LogP) is -0.480. The second kappa shape index (κ2) is 20.4. The third-order valence-corrected chi connectivity index (χ3v) is 12.3. The fourth-order valence-corrected chi connectivity index (χ4v) is 8.82. The quantitative estimate of drug-likeness (QED) is 0.0200. The van der Waals surface area contributed by atoms with Gasteiger partial charge >= 0.3 is 23.5 Å². The van der Waals surface area contributed by atoms with Gasteiger partial charge in [-0.1, -0.05) is 37.7 Å². The Morgan fingerprint density at radius 3 is 2.37 bits per heavy atom. The summed E-state index contributed by atoms with van der Waals surface area (Å²) in [6, 6.07) is 6.32. The lowest BCUT2D eigenvalue weighted by molar-refractivity contribution is -0.137. The van der Waals surface area contributed by atoms with Crippen molar-refractivity contribution in [2.45, 2.75) is 57.3 Å². The van der Waals surface area contributed by atoms with Crippen molar-refractivity contribution in [3.8, 4) is 0 Å². The number of Topliss-reactive ketones (excluding diaryl/α,β-unsaturated/α-hetero) is 1. The average Bonchev–Trinajstić information content (AvgIpc) is 3.71. The Labute approximate surface area is 344 Å². The number of nitrogens with two attached hydrogens (primary N) is 2. The topological polar surface area (TPSA) is 407 Å². The molecule has 30 heteroatoms. The summed E-state index contributed by atoms with van der Waals surface area (Å²) < 4.78 is 62.1. The third kappa shape index (κ3) is 13.9. The molecule has 2 aromatic heterocycles. The van der Waals surface area contributed by atoms with Crippen LogP contribution >= 0.6 is 35.2 Å². The minimum absolute atomic E-state index is 0.0201. The summed E-state index contributed by atoms with van der Waals surface area (Å²) in [6.45, 7) is 0.197. The summed E-state index contributed by atoms with van der Waals surface area (Å²) in [5.74, 6) is -1.87. The molecule has 60 heavy (non-hydrogen) atoms. The van der Waals surface area contributed by atoms with Gasteiger partial charge in [0, 0.05) is 41.9 Å². The van der Waals surface area contributed by atoms with Gasteiger partial charge in [0.1, 0.15) is 36.3 Å². The van der Waals surface area contributed by atoms with E-state index in [0.29, 0.717) is 0 Å². The third-order valence-electron chi connectivity index (χ3n) is 8.33.